The predicted octanol–water partition coefficient (Wildman–Crippen LogP) is 2.30. The molecule has 188 valence electrons. The monoisotopic (exact) mass is 499 g/mol. The lowest BCUT2D eigenvalue weighted by molar-refractivity contribution is -0.132. The zero-order chi connectivity index (χ0) is 25.3. The molecular weight excluding hydrogens is 466 g/mol. The van der Waals surface area contributed by atoms with Gasteiger partial charge < -0.3 is 10.6 Å². The molecule has 0 saturated carbocycles. The molecular formula is C24H33N7O3S. The number of sulfonamides is 1. The van der Waals surface area contributed by atoms with Crippen LogP contribution in [0.3, 0.4) is 0 Å². The van der Waals surface area contributed by atoms with Gasteiger partial charge in [0.05, 0.1) is 4.90 Å². The van der Waals surface area contributed by atoms with Gasteiger partial charge in [-0.25, -0.2) is 13.4 Å². The number of aromatic nitrogens is 4. The van der Waals surface area contributed by atoms with Gasteiger partial charge in [0.15, 0.2) is 0 Å². The number of benzene rings is 1. The minimum atomic E-state index is -3.58. The molecule has 0 radical (unpaired) electrons. The molecule has 1 fully saturated rings. The molecule has 35 heavy (non-hydrogen) atoms. The summed E-state index contributed by atoms with van der Waals surface area (Å²) < 4.78 is 29.3. The number of carbonyl (C=O) groups excluding carboxylic acids is 1. The Labute approximate surface area is 206 Å². The summed E-state index contributed by atoms with van der Waals surface area (Å²) in [5.41, 5.74) is 9.43. The fourth-order valence-electron chi connectivity index (χ4n) is 4.51. The van der Waals surface area contributed by atoms with Crippen molar-refractivity contribution < 1.29 is 13.2 Å². The van der Waals surface area contributed by atoms with Gasteiger partial charge in [0.1, 0.15) is 0 Å². The van der Waals surface area contributed by atoms with Crippen LogP contribution in [0.1, 0.15) is 55.1 Å². The molecule has 2 aromatic heterocycles. The van der Waals surface area contributed by atoms with Crippen molar-refractivity contribution in [3.8, 4) is 0 Å². The normalized spacial score (nSPS) is 16.1. The van der Waals surface area contributed by atoms with Crippen molar-refractivity contribution in [3.63, 3.8) is 0 Å². The van der Waals surface area contributed by atoms with Gasteiger partial charge in [-0.15, -0.1) is 5.10 Å². The summed E-state index contributed by atoms with van der Waals surface area (Å²) >= 11 is 0. The first-order valence-electron chi connectivity index (χ1n) is 12.0. The average molecular weight is 500 g/mol. The molecule has 11 heteroatoms. The second kappa shape index (κ2) is 9.90. The number of nitrogen functional groups attached to an aromatic ring is 1. The fourth-order valence-corrected chi connectivity index (χ4v) is 5.93. The van der Waals surface area contributed by atoms with Crippen LogP contribution in [0.25, 0.3) is 5.78 Å². The summed E-state index contributed by atoms with van der Waals surface area (Å²) in [5, 5.41) is 4.17. The van der Waals surface area contributed by atoms with Crippen LogP contribution in [0.4, 0.5) is 5.95 Å². The van der Waals surface area contributed by atoms with Crippen molar-refractivity contribution in [2.24, 2.45) is 0 Å². The highest BCUT2D eigenvalue weighted by Crippen LogP contribution is 2.23. The van der Waals surface area contributed by atoms with Gasteiger partial charge in [0.2, 0.25) is 21.9 Å². The van der Waals surface area contributed by atoms with E-state index in [-0.39, 0.29) is 24.9 Å². The number of nitrogens with two attached hydrogens (primary N) is 1. The Balaban J connectivity index is 1.36. The molecule has 1 aliphatic heterocycles. The number of anilines is 1. The van der Waals surface area contributed by atoms with Crippen molar-refractivity contribution in [1.82, 2.24) is 28.8 Å². The second-order valence-electron chi connectivity index (χ2n) is 9.11. The molecule has 1 atom stereocenters. The number of aryl methyl sites for hydroxylation is 2. The van der Waals surface area contributed by atoms with E-state index >= 15 is 0 Å². The highest BCUT2D eigenvalue weighted by Gasteiger charge is 2.30. The van der Waals surface area contributed by atoms with E-state index in [1.165, 1.54) is 4.31 Å². The molecule has 1 aliphatic rings. The van der Waals surface area contributed by atoms with Crippen LogP contribution < -0.4 is 5.73 Å². The highest BCUT2D eigenvalue weighted by molar-refractivity contribution is 7.89. The Morgan fingerprint density at radius 2 is 1.74 bits per heavy atom. The van der Waals surface area contributed by atoms with E-state index < -0.39 is 10.0 Å². The van der Waals surface area contributed by atoms with E-state index in [4.69, 9.17) is 5.73 Å². The molecule has 0 unspecified atom stereocenters. The first-order valence-corrected chi connectivity index (χ1v) is 13.4. The zero-order valence-electron chi connectivity index (χ0n) is 20.7. The first kappa shape index (κ1) is 25.1. The molecule has 3 heterocycles. The summed E-state index contributed by atoms with van der Waals surface area (Å²) in [6.45, 7) is 9.35. The molecule has 1 aromatic carbocycles. The van der Waals surface area contributed by atoms with E-state index in [2.05, 4.69) is 28.9 Å². The van der Waals surface area contributed by atoms with Crippen LogP contribution >= 0.6 is 0 Å². The van der Waals surface area contributed by atoms with E-state index in [0.717, 1.165) is 28.9 Å². The summed E-state index contributed by atoms with van der Waals surface area (Å²) in [7, 11) is -3.58. The SMILES string of the molecule is CC[C@H](C)c1ccc(S(=O)(=O)N2CCN(C(=O)CCc3c(C)nc4nc(N)nn4c3C)CC2)cc1. The standard InChI is InChI=1S/C24H33N7O3S/c1-5-16(2)19-6-8-20(9-7-19)35(33,34)30-14-12-29(13-15-30)22(32)11-10-21-17(3)26-24-27-23(25)28-31(24)18(21)4/h6-9,16H,5,10-15H2,1-4H3,(H2,25,28)/t16-/m0/s1. The Kier molecular flexibility index (Phi) is 7.09. The average Bonchev–Trinajstić information content (AvgIpc) is 3.23. The predicted molar refractivity (Wildman–Crippen MR) is 133 cm³/mol. The lowest BCUT2D eigenvalue weighted by Crippen LogP contribution is -2.50. The quantitative estimate of drug-likeness (QED) is 0.528. The summed E-state index contributed by atoms with van der Waals surface area (Å²) in [6, 6.07) is 7.16. The molecule has 0 spiro atoms. The number of piperazine rings is 1. The number of nitrogens with zero attached hydrogens (tertiary/aromatic N) is 6. The third-order valence-electron chi connectivity index (χ3n) is 6.94. The maximum atomic E-state index is 13.1. The Morgan fingerprint density at radius 3 is 2.37 bits per heavy atom. The molecule has 2 N–H and O–H groups in total. The number of hydrogen-bond acceptors (Lipinski definition) is 7. The minimum Gasteiger partial charge on any atom is -0.366 e. The fraction of sp³-hybridized carbons (Fsp3) is 0.500. The van der Waals surface area contributed by atoms with Gasteiger partial charge in [-0.3, -0.25) is 4.79 Å². The largest absolute Gasteiger partial charge is 0.366 e. The van der Waals surface area contributed by atoms with Crippen molar-refractivity contribution in [2.75, 3.05) is 31.9 Å². The number of hydrogen-bond donors (Lipinski definition) is 1. The van der Waals surface area contributed by atoms with Gasteiger partial charge in [-0.2, -0.15) is 13.8 Å². The van der Waals surface area contributed by atoms with Crippen LogP contribution in [0.15, 0.2) is 29.2 Å². The topological polar surface area (TPSA) is 127 Å². The Bertz CT molecular complexity index is 1330. The van der Waals surface area contributed by atoms with Gasteiger partial charge in [-0.1, -0.05) is 26.0 Å². The summed E-state index contributed by atoms with van der Waals surface area (Å²) in [6.07, 6.45) is 1.82. The summed E-state index contributed by atoms with van der Waals surface area (Å²) in [5.74, 6) is 0.991. The van der Waals surface area contributed by atoms with Gasteiger partial charge in [-0.05, 0) is 55.9 Å². The van der Waals surface area contributed by atoms with Crippen LogP contribution in [0, 0.1) is 13.8 Å². The minimum absolute atomic E-state index is 0.00282. The lowest BCUT2D eigenvalue weighted by Gasteiger charge is -2.34. The highest BCUT2D eigenvalue weighted by atomic mass is 32.2. The molecule has 0 aliphatic carbocycles. The molecule has 0 bridgehead atoms. The van der Waals surface area contributed by atoms with Crippen molar-refractivity contribution in [2.45, 2.75) is 57.8 Å². The smallest absolute Gasteiger partial charge is 0.254 e. The van der Waals surface area contributed by atoms with E-state index in [0.29, 0.717) is 42.5 Å². The molecule has 1 saturated heterocycles. The van der Waals surface area contributed by atoms with Crippen molar-refractivity contribution in [1.29, 1.82) is 0 Å². The van der Waals surface area contributed by atoms with Gasteiger partial charge in [0, 0.05) is 44.0 Å². The van der Waals surface area contributed by atoms with Crippen LogP contribution in [-0.4, -0.2) is 69.3 Å². The molecule has 3 aromatic rings. The third-order valence-corrected chi connectivity index (χ3v) is 8.86. The zero-order valence-corrected chi connectivity index (χ0v) is 21.5. The first-order chi connectivity index (χ1) is 16.6. The van der Waals surface area contributed by atoms with Gasteiger partial charge in [0.25, 0.3) is 5.78 Å². The third kappa shape index (κ3) is 5.01. The van der Waals surface area contributed by atoms with E-state index in [1.807, 2.05) is 26.0 Å². The van der Waals surface area contributed by atoms with Crippen LogP contribution in [0.5, 0.6) is 0 Å². The van der Waals surface area contributed by atoms with Crippen LogP contribution in [-0.2, 0) is 21.2 Å². The Hall–Kier alpha value is -3.05. The number of fused-ring (bicyclic) bond motifs is 1. The number of carbonyl (C=O) groups is 1. The number of rotatable bonds is 7. The van der Waals surface area contributed by atoms with Crippen LogP contribution in [0.2, 0.25) is 0 Å². The molecule has 4 rings (SSSR count). The Morgan fingerprint density at radius 1 is 1.09 bits per heavy atom. The second-order valence-corrected chi connectivity index (χ2v) is 11.0. The maximum Gasteiger partial charge on any atom is 0.254 e. The van der Waals surface area contributed by atoms with Gasteiger partial charge >= 0.3 is 0 Å². The molecule has 10 nitrogen and oxygen atoms in total. The van der Waals surface area contributed by atoms with Crippen molar-refractivity contribution in [3.05, 3.63) is 46.8 Å². The maximum absolute atomic E-state index is 13.1. The molecule has 1 amide bonds. The van der Waals surface area contributed by atoms with E-state index in [1.54, 1.807) is 21.5 Å². The van der Waals surface area contributed by atoms with E-state index in [9.17, 15) is 13.2 Å². The lowest BCUT2D eigenvalue weighted by atomic mass is 9.99. The summed E-state index contributed by atoms with van der Waals surface area (Å²) in [4.78, 5) is 23.5. The van der Waals surface area contributed by atoms with Crippen molar-refractivity contribution >= 4 is 27.7 Å². The number of amides is 1.